The Kier molecular flexibility index (Phi) is 2.38. The quantitative estimate of drug-likeness (QED) is 0.617. The highest BCUT2D eigenvalue weighted by Gasteiger charge is 2.52. The molecule has 1 saturated heterocycles. The Bertz CT molecular complexity index is 628. The van der Waals surface area contributed by atoms with E-state index in [1.54, 1.807) is 27.7 Å². The summed E-state index contributed by atoms with van der Waals surface area (Å²) in [6.07, 6.45) is 0. The number of halogens is 1. The molecule has 2 heterocycles. The van der Waals surface area contributed by atoms with Gasteiger partial charge >= 0.3 is 13.1 Å². The number of carbonyl (C=O) groups excluding carboxylic acids is 1. The van der Waals surface area contributed by atoms with Crippen LogP contribution < -0.4 is 5.46 Å². The van der Waals surface area contributed by atoms with Gasteiger partial charge in [0.05, 0.1) is 23.7 Å². The number of hydrogen-bond acceptors (Lipinski definition) is 5. The van der Waals surface area contributed by atoms with Gasteiger partial charge in [-0.25, -0.2) is 4.79 Å². The molecule has 2 rings (SSSR count). The second-order valence-corrected chi connectivity index (χ2v) is 6.19. The van der Waals surface area contributed by atoms with Gasteiger partial charge in [-0.05, 0) is 33.7 Å². The topological polar surface area (TPSA) is 44.8 Å². The average molecular weight is 290 g/mol. The molecule has 0 aromatic carbocycles. The van der Waals surface area contributed by atoms with Gasteiger partial charge in [0, 0.05) is 5.46 Å². The summed E-state index contributed by atoms with van der Waals surface area (Å²) in [5, 5.41) is -0.842. The van der Waals surface area contributed by atoms with Crippen molar-refractivity contribution < 1.29 is 28.7 Å². The zero-order chi connectivity index (χ0) is 17.8. The Morgan fingerprint density at radius 2 is 2.05 bits per heavy atom. The smallest absolute Gasteiger partial charge is 0.465 e. The van der Waals surface area contributed by atoms with Gasteiger partial charge in [-0.1, -0.05) is 11.3 Å². The SMILES string of the molecule is [2H]c1c(C(=O)OC([2H])([2H])[2H])sc(F)c1B1OC(C)(C)C(C)(C)O1. The molecule has 0 amide bonds. The Morgan fingerprint density at radius 1 is 1.47 bits per heavy atom. The minimum Gasteiger partial charge on any atom is -0.465 e. The van der Waals surface area contributed by atoms with Crippen molar-refractivity contribution in [2.24, 2.45) is 0 Å². The molecule has 104 valence electrons. The molecule has 1 aromatic heterocycles. The Labute approximate surface area is 121 Å². The largest absolute Gasteiger partial charge is 0.498 e. The number of esters is 1. The van der Waals surface area contributed by atoms with Crippen molar-refractivity contribution in [3.05, 3.63) is 16.1 Å². The van der Waals surface area contributed by atoms with Crippen molar-refractivity contribution in [2.75, 3.05) is 7.04 Å². The molecule has 0 spiro atoms. The van der Waals surface area contributed by atoms with E-state index < -0.39 is 47.4 Å². The highest BCUT2D eigenvalue weighted by molar-refractivity contribution is 7.13. The van der Waals surface area contributed by atoms with Gasteiger partial charge in [-0.3, -0.25) is 0 Å². The lowest BCUT2D eigenvalue weighted by Crippen LogP contribution is -2.41. The molecule has 0 atom stereocenters. The third-order valence-electron chi connectivity index (χ3n) is 3.42. The minimum atomic E-state index is -2.96. The van der Waals surface area contributed by atoms with Crippen molar-refractivity contribution in [3.8, 4) is 0 Å². The maximum atomic E-state index is 14.2. The fourth-order valence-corrected chi connectivity index (χ4v) is 2.32. The summed E-state index contributed by atoms with van der Waals surface area (Å²) >= 11 is 0.338. The molecule has 1 aliphatic heterocycles. The average Bonchev–Trinajstić information content (AvgIpc) is 2.71. The van der Waals surface area contributed by atoms with Crippen LogP contribution in [0.2, 0.25) is 0 Å². The van der Waals surface area contributed by atoms with Gasteiger partial charge in [0.15, 0.2) is 5.13 Å². The highest BCUT2D eigenvalue weighted by atomic mass is 32.1. The van der Waals surface area contributed by atoms with E-state index >= 15 is 0 Å². The Hall–Kier alpha value is -0.915. The van der Waals surface area contributed by atoms with Crippen molar-refractivity contribution in [2.45, 2.75) is 38.9 Å². The summed E-state index contributed by atoms with van der Waals surface area (Å²) in [6, 6.07) is -0.486. The lowest BCUT2D eigenvalue weighted by molar-refractivity contribution is 0.00578. The second-order valence-electron chi connectivity index (χ2n) is 5.22. The van der Waals surface area contributed by atoms with Crippen LogP contribution >= 0.6 is 11.3 Å². The minimum absolute atomic E-state index is 0.230. The molecule has 19 heavy (non-hydrogen) atoms. The first kappa shape index (κ1) is 9.91. The van der Waals surface area contributed by atoms with Crippen LogP contribution in [0, 0.1) is 5.13 Å². The number of thiophene rings is 1. The number of methoxy groups -OCH3 is 1. The van der Waals surface area contributed by atoms with Crippen molar-refractivity contribution in [1.29, 1.82) is 0 Å². The molecule has 1 aromatic rings. The lowest BCUT2D eigenvalue weighted by Gasteiger charge is -2.32. The Balaban J connectivity index is 2.35. The summed E-state index contributed by atoms with van der Waals surface area (Å²) < 4.78 is 58.4. The highest BCUT2D eigenvalue weighted by Crippen LogP contribution is 2.37. The summed E-state index contributed by atoms with van der Waals surface area (Å²) in [4.78, 5) is 11.3. The molecule has 0 bridgehead atoms. The van der Waals surface area contributed by atoms with Crippen LogP contribution in [-0.2, 0) is 14.0 Å². The van der Waals surface area contributed by atoms with E-state index in [0.29, 0.717) is 11.3 Å². The first-order chi connectivity index (χ1) is 10.3. The zero-order valence-corrected chi connectivity index (χ0v) is 11.8. The molecule has 1 fully saturated rings. The number of ether oxygens (including phenoxy) is 1. The molecule has 4 nitrogen and oxygen atoms in total. The van der Waals surface area contributed by atoms with Crippen LogP contribution in [0.3, 0.4) is 0 Å². The third kappa shape index (κ3) is 2.42. The summed E-state index contributed by atoms with van der Waals surface area (Å²) in [6.45, 7) is 7.07. The zero-order valence-electron chi connectivity index (χ0n) is 15.0. The van der Waals surface area contributed by atoms with E-state index in [4.69, 9.17) is 14.8 Å². The fourth-order valence-electron chi connectivity index (χ4n) is 1.59. The van der Waals surface area contributed by atoms with Crippen molar-refractivity contribution in [3.63, 3.8) is 0 Å². The lowest BCUT2D eigenvalue weighted by atomic mass is 9.81. The molecule has 1 aliphatic rings. The first-order valence-electron chi connectivity index (χ1n) is 7.63. The molecular weight excluding hydrogens is 270 g/mol. The van der Waals surface area contributed by atoms with Crippen LogP contribution in [0.25, 0.3) is 0 Å². The molecule has 0 saturated carbocycles. The molecule has 0 radical (unpaired) electrons. The molecule has 7 heteroatoms. The van der Waals surface area contributed by atoms with Gasteiger partial charge in [-0.15, -0.1) is 0 Å². The van der Waals surface area contributed by atoms with Crippen LogP contribution in [0.5, 0.6) is 0 Å². The monoisotopic (exact) mass is 290 g/mol. The van der Waals surface area contributed by atoms with Gasteiger partial charge in [0.1, 0.15) is 4.88 Å². The predicted octanol–water partition coefficient (Wildman–Crippen LogP) is 1.97. The predicted molar refractivity (Wildman–Crippen MR) is 71.3 cm³/mol. The molecular formula is C12H16BFO4S. The fraction of sp³-hybridized carbons (Fsp3) is 0.583. The number of carbonyl (C=O) groups is 1. The van der Waals surface area contributed by atoms with Crippen molar-refractivity contribution >= 4 is 29.9 Å². The maximum absolute atomic E-state index is 14.2. The van der Waals surface area contributed by atoms with E-state index in [1.807, 2.05) is 0 Å². The normalized spacial score (nSPS) is 24.4. The van der Waals surface area contributed by atoms with E-state index in [9.17, 15) is 9.18 Å². The maximum Gasteiger partial charge on any atom is 0.498 e. The Morgan fingerprint density at radius 3 is 2.58 bits per heavy atom. The van der Waals surface area contributed by atoms with Crippen LogP contribution in [0.1, 0.15) is 42.8 Å². The van der Waals surface area contributed by atoms with E-state index in [0.717, 1.165) is 0 Å². The van der Waals surface area contributed by atoms with E-state index in [-0.39, 0.29) is 5.46 Å². The van der Waals surface area contributed by atoms with Crippen LogP contribution in [-0.4, -0.2) is 31.3 Å². The second kappa shape index (κ2) is 4.57. The van der Waals surface area contributed by atoms with Gasteiger partial charge in [0.25, 0.3) is 0 Å². The third-order valence-corrected chi connectivity index (χ3v) is 4.29. The molecule has 0 N–H and O–H groups in total. The first-order valence-corrected chi connectivity index (χ1v) is 6.44. The molecule has 0 unspecified atom stereocenters. The summed E-state index contributed by atoms with van der Waals surface area (Å²) in [5.41, 5.74) is -1.71. The van der Waals surface area contributed by atoms with E-state index in [1.165, 1.54) is 0 Å². The summed E-state index contributed by atoms with van der Waals surface area (Å²) in [7, 11) is -4.12. The van der Waals surface area contributed by atoms with Crippen LogP contribution in [0.15, 0.2) is 6.04 Å². The standard InChI is InChI=1S/C12H16BFO4S/c1-11(2)12(3,4)18-13(17-11)7-6-8(10(15)16-5)19-9(7)14/h6H,1-5H3/i5D3,6D. The number of hydrogen-bond donors (Lipinski definition) is 0. The van der Waals surface area contributed by atoms with E-state index in [2.05, 4.69) is 4.74 Å². The van der Waals surface area contributed by atoms with Gasteiger partial charge in [0.2, 0.25) is 0 Å². The van der Waals surface area contributed by atoms with Gasteiger partial charge in [-0.2, -0.15) is 4.39 Å². The summed E-state index contributed by atoms with van der Waals surface area (Å²) in [5.74, 6) is -1.28. The van der Waals surface area contributed by atoms with Gasteiger partial charge < -0.3 is 14.0 Å². The molecule has 0 aliphatic carbocycles. The van der Waals surface area contributed by atoms with Crippen molar-refractivity contribution in [1.82, 2.24) is 0 Å². The number of rotatable bonds is 2. The van der Waals surface area contributed by atoms with Crippen LogP contribution in [0.4, 0.5) is 4.39 Å².